The molecule has 0 unspecified atom stereocenters. The smallest absolute Gasteiger partial charge is 0.131 e. The van der Waals surface area contributed by atoms with Crippen LogP contribution < -0.4 is 0 Å². The van der Waals surface area contributed by atoms with Crippen LogP contribution in [0.15, 0.2) is 12.4 Å². The number of hydrogen-bond donors (Lipinski definition) is 0. The minimum absolute atomic E-state index is 0.509. The van der Waals surface area contributed by atoms with Gasteiger partial charge in [0.05, 0.1) is 0 Å². The van der Waals surface area contributed by atoms with Gasteiger partial charge in [-0.05, 0) is 25.3 Å². The van der Waals surface area contributed by atoms with Crippen molar-refractivity contribution < 1.29 is 4.74 Å². The Morgan fingerprint density at radius 2 is 1.67 bits per heavy atom. The monoisotopic (exact) mass is 208 g/mol. The van der Waals surface area contributed by atoms with Crippen molar-refractivity contribution in [3.63, 3.8) is 0 Å². The zero-order chi connectivity index (χ0) is 11.1. The van der Waals surface area contributed by atoms with E-state index in [4.69, 9.17) is 4.74 Å². The van der Waals surface area contributed by atoms with Gasteiger partial charge in [-0.25, -0.2) is 9.97 Å². The van der Waals surface area contributed by atoms with Crippen LogP contribution in [0.5, 0.6) is 0 Å². The summed E-state index contributed by atoms with van der Waals surface area (Å²) in [5.41, 5.74) is 1.12. The van der Waals surface area contributed by atoms with Gasteiger partial charge in [-0.1, -0.05) is 13.8 Å². The lowest BCUT2D eigenvalue weighted by atomic mass is 9.99. The second kappa shape index (κ2) is 6.51. The second-order valence-electron chi connectivity index (χ2n) is 3.51. The second-order valence-corrected chi connectivity index (χ2v) is 3.51. The number of nitrogens with zero attached hydrogens (tertiary/aromatic N) is 2. The third kappa shape index (κ3) is 3.59. The van der Waals surface area contributed by atoms with Crippen molar-refractivity contribution in [2.24, 2.45) is 0 Å². The summed E-state index contributed by atoms with van der Waals surface area (Å²) < 4.78 is 5.29. The van der Waals surface area contributed by atoms with Crippen LogP contribution in [0.1, 0.15) is 44.0 Å². The zero-order valence-electron chi connectivity index (χ0n) is 9.86. The van der Waals surface area contributed by atoms with E-state index in [0.29, 0.717) is 5.92 Å². The highest BCUT2D eigenvalue weighted by Gasteiger charge is 2.17. The predicted molar refractivity (Wildman–Crippen MR) is 60.9 cm³/mol. The molecule has 84 valence electrons. The molecule has 0 bridgehead atoms. The van der Waals surface area contributed by atoms with Gasteiger partial charge in [-0.2, -0.15) is 0 Å². The van der Waals surface area contributed by atoms with E-state index in [1.807, 2.05) is 33.2 Å². The molecule has 15 heavy (non-hydrogen) atoms. The van der Waals surface area contributed by atoms with E-state index >= 15 is 0 Å². The minimum atomic E-state index is 0.509. The van der Waals surface area contributed by atoms with Crippen LogP contribution in [0.4, 0.5) is 0 Å². The number of ether oxygens (including phenoxy) is 1. The highest BCUT2D eigenvalue weighted by atomic mass is 16.5. The first-order valence-corrected chi connectivity index (χ1v) is 5.72. The third-order valence-corrected chi connectivity index (χ3v) is 2.39. The number of aromatic nitrogens is 2. The molecule has 2 heterocycles. The Morgan fingerprint density at radius 3 is 2.20 bits per heavy atom. The average Bonchev–Trinajstić information content (AvgIpc) is 2.34. The van der Waals surface area contributed by atoms with E-state index < -0.39 is 0 Å². The molecule has 0 amide bonds. The summed E-state index contributed by atoms with van der Waals surface area (Å²) in [4.78, 5) is 8.67. The van der Waals surface area contributed by atoms with Crippen molar-refractivity contribution in [3.05, 3.63) is 23.8 Å². The van der Waals surface area contributed by atoms with Gasteiger partial charge in [0.15, 0.2) is 0 Å². The Hall–Kier alpha value is -0.960. The van der Waals surface area contributed by atoms with Crippen molar-refractivity contribution in [3.8, 4) is 0 Å². The van der Waals surface area contributed by atoms with E-state index in [2.05, 4.69) is 9.97 Å². The van der Waals surface area contributed by atoms with Crippen LogP contribution >= 0.6 is 0 Å². The Bertz CT molecular complexity index is 265. The van der Waals surface area contributed by atoms with Gasteiger partial charge in [0.2, 0.25) is 0 Å². The topological polar surface area (TPSA) is 35.0 Å². The summed E-state index contributed by atoms with van der Waals surface area (Å²) >= 11 is 0. The van der Waals surface area contributed by atoms with Gasteiger partial charge in [0.25, 0.3) is 0 Å². The van der Waals surface area contributed by atoms with Crippen molar-refractivity contribution >= 4 is 0 Å². The standard InChI is InChI=1S/C10H14N2O.C2H6/c1-8-6-11-10(12-7-8)9-2-4-13-5-3-9;1-2/h6-7,9H,2-5H2,1H3;1-2H3. The molecule has 1 aliphatic heterocycles. The van der Waals surface area contributed by atoms with Gasteiger partial charge < -0.3 is 4.74 Å². The van der Waals surface area contributed by atoms with Crippen LogP contribution in [0.3, 0.4) is 0 Å². The first-order valence-electron chi connectivity index (χ1n) is 5.72. The predicted octanol–water partition coefficient (Wildman–Crippen LogP) is 2.71. The highest BCUT2D eigenvalue weighted by molar-refractivity contribution is 5.05. The quantitative estimate of drug-likeness (QED) is 0.711. The lowest BCUT2D eigenvalue weighted by molar-refractivity contribution is 0.0835. The summed E-state index contributed by atoms with van der Waals surface area (Å²) in [6.07, 6.45) is 5.89. The van der Waals surface area contributed by atoms with Gasteiger partial charge >= 0.3 is 0 Å². The molecular formula is C12H20N2O. The van der Waals surface area contributed by atoms with E-state index in [0.717, 1.165) is 37.4 Å². The number of hydrogen-bond acceptors (Lipinski definition) is 3. The third-order valence-electron chi connectivity index (χ3n) is 2.39. The Kier molecular flexibility index (Phi) is 5.26. The Balaban J connectivity index is 0.000000531. The van der Waals surface area contributed by atoms with Gasteiger partial charge in [-0.15, -0.1) is 0 Å². The minimum Gasteiger partial charge on any atom is -0.381 e. The summed E-state index contributed by atoms with van der Waals surface area (Å²) in [5.74, 6) is 1.49. The molecule has 1 fully saturated rings. The average molecular weight is 208 g/mol. The number of aryl methyl sites for hydroxylation is 1. The molecule has 3 nitrogen and oxygen atoms in total. The van der Waals surface area contributed by atoms with Gasteiger partial charge in [-0.3, -0.25) is 0 Å². The molecule has 1 aliphatic rings. The van der Waals surface area contributed by atoms with E-state index in [1.165, 1.54) is 0 Å². The zero-order valence-corrected chi connectivity index (χ0v) is 9.86. The molecule has 0 spiro atoms. The maximum atomic E-state index is 5.29. The molecule has 1 aromatic heterocycles. The molecule has 0 aliphatic carbocycles. The molecule has 3 heteroatoms. The molecular weight excluding hydrogens is 188 g/mol. The number of rotatable bonds is 1. The van der Waals surface area contributed by atoms with Crippen LogP contribution in [-0.4, -0.2) is 23.2 Å². The van der Waals surface area contributed by atoms with Crippen molar-refractivity contribution in [1.82, 2.24) is 9.97 Å². The molecule has 1 saturated heterocycles. The maximum absolute atomic E-state index is 5.29. The summed E-state index contributed by atoms with van der Waals surface area (Å²) in [7, 11) is 0. The molecule has 0 aromatic carbocycles. The van der Waals surface area contributed by atoms with Crippen LogP contribution in [0.2, 0.25) is 0 Å². The first-order chi connectivity index (χ1) is 7.36. The normalized spacial score (nSPS) is 16.7. The van der Waals surface area contributed by atoms with Gasteiger partial charge in [0.1, 0.15) is 5.82 Å². The molecule has 0 atom stereocenters. The van der Waals surface area contributed by atoms with Crippen molar-refractivity contribution in [2.45, 2.75) is 39.5 Å². The fourth-order valence-corrected chi connectivity index (χ4v) is 1.57. The Morgan fingerprint density at radius 1 is 1.13 bits per heavy atom. The van der Waals surface area contributed by atoms with Gasteiger partial charge in [0, 0.05) is 31.5 Å². The van der Waals surface area contributed by atoms with Crippen LogP contribution in [0, 0.1) is 6.92 Å². The molecule has 1 aromatic rings. The van der Waals surface area contributed by atoms with Crippen molar-refractivity contribution in [1.29, 1.82) is 0 Å². The SMILES string of the molecule is CC.Cc1cnc(C2CCOCC2)nc1. The fourth-order valence-electron chi connectivity index (χ4n) is 1.57. The molecule has 0 radical (unpaired) electrons. The lowest BCUT2D eigenvalue weighted by Crippen LogP contribution is -2.16. The first kappa shape index (κ1) is 12.1. The highest BCUT2D eigenvalue weighted by Crippen LogP contribution is 2.23. The largest absolute Gasteiger partial charge is 0.381 e. The molecule has 0 saturated carbocycles. The molecule has 2 rings (SSSR count). The van der Waals surface area contributed by atoms with Crippen LogP contribution in [0.25, 0.3) is 0 Å². The van der Waals surface area contributed by atoms with E-state index in [1.54, 1.807) is 0 Å². The fraction of sp³-hybridized carbons (Fsp3) is 0.667. The van der Waals surface area contributed by atoms with E-state index in [-0.39, 0.29) is 0 Å². The van der Waals surface area contributed by atoms with E-state index in [9.17, 15) is 0 Å². The Labute approximate surface area is 91.9 Å². The summed E-state index contributed by atoms with van der Waals surface area (Å²) in [6, 6.07) is 0. The summed E-state index contributed by atoms with van der Waals surface area (Å²) in [5, 5.41) is 0. The lowest BCUT2D eigenvalue weighted by Gasteiger charge is -2.20. The molecule has 0 N–H and O–H groups in total. The van der Waals surface area contributed by atoms with Crippen molar-refractivity contribution in [2.75, 3.05) is 13.2 Å². The van der Waals surface area contributed by atoms with Crippen LogP contribution in [-0.2, 0) is 4.74 Å². The maximum Gasteiger partial charge on any atom is 0.131 e. The summed E-state index contributed by atoms with van der Waals surface area (Å²) in [6.45, 7) is 7.71.